The van der Waals surface area contributed by atoms with Crippen LogP contribution in [0.15, 0.2) is 121 Å². The molecule has 0 amide bonds. The lowest BCUT2D eigenvalue weighted by Crippen LogP contribution is -2.67. The lowest BCUT2D eigenvalue weighted by Gasteiger charge is -2.49. The number of fused-ring (bicyclic) bond motifs is 6. The van der Waals surface area contributed by atoms with Gasteiger partial charge < -0.3 is 9.80 Å². The standard InChI is InChI=1S/C47H47BN2Si/c1-30-26-40-44-41(27-30)50-39-19-13-14-20-42(39)51(8,9)43-21-15-18-35(45(43)50)48(44)36-29-33(47(5,6)7)23-25-38(36)49(40)37-24-22-32(46(2,3)4)28-34(37)31-16-11-10-12-17-31/h10-29H,1-9H3/i13D,14D,15D,18D,19D,20D,21D. The molecule has 252 valence electrons. The van der Waals surface area contributed by atoms with E-state index in [2.05, 4.69) is 126 Å². The summed E-state index contributed by atoms with van der Waals surface area (Å²) in [5, 5.41) is 1.15. The zero-order chi connectivity index (χ0) is 41.7. The third-order valence-corrected chi connectivity index (χ3v) is 14.4. The average molecular weight is 686 g/mol. The summed E-state index contributed by atoms with van der Waals surface area (Å²) in [6.45, 7) is 18.9. The Kier molecular flexibility index (Phi) is 5.36. The fraction of sp³-hybridized carbons (Fsp3) is 0.234. The molecule has 0 saturated heterocycles. The molecule has 0 unspecified atom stereocenters. The molecule has 0 N–H and O–H groups in total. The van der Waals surface area contributed by atoms with Crippen molar-refractivity contribution in [1.29, 1.82) is 0 Å². The Balaban J connectivity index is 1.48. The fourth-order valence-electron chi connectivity index (χ4n) is 8.48. The van der Waals surface area contributed by atoms with Crippen LogP contribution >= 0.6 is 0 Å². The first-order valence-corrected chi connectivity index (χ1v) is 21.0. The van der Waals surface area contributed by atoms with E-state index < -0.39 is 14.8 Å². The number of hydrogen-bond donors (Lipinski definition) is 0. The minimum atomic E-state index is -3.11. The van der Waals surface area contributed by atoms with Crippen LogP contribution in [0.25, 0.3) is 11.1 Å². The Bertz CT molecular complexity index is 2790. The van der Waals surface area contributed by atoms with E-state index in [9.17, 15) is 6.85 Å². The second kappa shape index (κ2) is 10.9. The van der Waals surface area contributed by atoms with Gasteiger partial charge in [0.2, 0.25) is 0 Å². The maximum absolute atomic E-state index is 9.78. The van der Waals surface area contributed by atoms with Gasteiger partial charge in [-0.05, 0) is 103 Å². The molecule has 6 aromatic carbocycles. The van der Waals surface area contributed by atoms with Gasteiger partial charge in [-0.3, -0.25) is 0 Å². The van der Waals surface area contributed by atoms with Crippen molar-refractivity contribution in [1.82, 2.24) is 0 Å². The van der Waals surface area contributed by atoms with Crippen LogP contribution in [0.1, 0.15) is 67.8 Å². The molecule has 2 nitrogen and oxygen atoms in total. The molecule has 0 atom stereocenters. The zero-order valence-corrected chi connectivity index (χ0v) is 32.0. The van der Waals surface area contributed by atoms with Gasteiger partial charge in [0.1, 0.15) is 8.07 Å². The van der Waals surface area contributed by atoms with E-state index >= 15 is 0 Å². The predicted octanol–water partition coefficient (Wildman–Crippen LogP) is 9.48. The highest BCUT2D eigenvalue weighted by atomic mass is 28.3. The molecule has 4 heteroatoms. The number of aryl methyl sites for hydroxylation is 1. The van der Waals surface area contributed by atoms with Gasteiger partial charge in [0.15, 0.2) is 0 Å². The highest BCUT2D eigenvalue weighted by Crippen LogP contribution is 2.48. The first kappa shape index (κ1) is 25.2. The third kappa shape index (κ3) is 4.68. The summed E-state index contributed by atoms with van der Waals surface area (Å²) in [6.07, 6.45) is 0. The van der Waals surface area contributed by atoms with Crippen molar-refractivity contribution in [2.75, 3.05) is 9.80 Å². The summed E-state index contributed by atoms with van der Waals surface area (Å²) >= 11 is 0. The fourth-order valence-corrected chi connectivity index (χ4v) is 11.1. The number of anilines is 6. The van der Waals surface area contributed by atoms with E-state index in [1.54, 1.807) is 0 Å². The molecule has 3 aliphatic rings. The van der Waals surface area contributed by atoms with E-state index in [0.717, 1.165) is 55.9 Å². The normalized spacial score (nSPS) is 17.1. The second-order valence-electron chi connectivity index (χ2n) is 17.1. The van der Waals surface area contributed by atoms with Crippen LogP contribution in [0.5, 0.6) is 0 Å². The number of rotatable bonds is 2. The molecule has 6 aromatic rings. The summed E-state index contributed by atoms with van der Waals surface area (Å²) in [6, 6.07) is 27.1. The topological polar surface area (TPSA) is 6.48 Å². The van der Waals surface area contributed by atoms with Gasteiger partial charge in [0.05, 0.1) is 15.3 Å². The van der Waals surface area contributed by atoms with E-state index in [-0.39, 0.29) is 53.1 Å². The largest absolute Gasteiger partial charge is 0.312 e. The third-order valence-electron chi connectivity index (χ3n) is 11.2. The number of hydrogen-bond acceptors (Lipinski definition) is 2. The van der Waals surface area contributed by atoms with Crippen molar-refractivity contribution >= 4 is 75.7 Å². The van der Waals surface area contributed by atoms with Crippen molar-refractivity contribution in [2.24, 2.45) is 0 Å². The van der Waals surface area contributed by atoms with Crippen LogP contribution in [0.3, 0.4) is 0 Å². The molecule has 0 aliphatic carbocycles. The monoisotopic (exact) mass is 685 g/mol. The number of benzene rings is 6. The van der Waals surface area contributed by atoms with Crippen molar-refractivity contribution in [3.63, 3.8) is 0 Å². The molecule has 0 fully saturated rings. The van der Waals surface area contributed by atoms with Gasteiger partial charge in [0.25, 0.3) is 6.71 Å². The molecule has 3 heterocycles. The van der Waals surface area contributed by atoms with Crippen LogP contribution in [0, 0.1) is 6.92 Å². The summed E-state index contributed by atoms with van der Waals surface area (Å²) < 4.78 is 65.2. The lowest BCUT2D eigenvalue weighted by molar-refractivity contribution is 0.590. The van der Waals surface area contributed by atoms with Gasteiger partial charge >= 0.3 is 0 Å². The van der Waals surface area contributed by atoms with Gasteiger partial charge in [-0.25, -0.2) is 0 Å². The SMILES string of the molecule is [2H]c1c([2H])c([2H])c2c(c1[2H])N1c3cc(C)cc4c3B(c3cc(C(C)(C)C)ccc3N4c3ccc(C(C)(C)C)cc3-c3ccccc3)c3c([2H])c([2H])c([2H])c(c31)[Si]2(C)C. The van der Waals surface area contributed by atoms with Crippen LogP contribution in [-0.2, 0) is 10.8 Å². The average Bonchev–Trinajstić information content (AvgIpc) is 3.16. The van der Waals surface area contributed by atoms with Gasteiger partial charge in [0, 0.05) is 34.0 Å². The minimum Gasteiger partial charge on any atom is -0.312 e. The smallest absolute Gasteiger partial charge is 0.252 e. The summed E-state index contributed by atoms with van der Waals surface area (Å²) in [7, 11) is -3.11. The Hall–Kier alpha value is -4.80. The van der Waals surface area contributed by atoms with Gasteiger partial charge in [-0.1, -0.05) is 139 Å². The minimum absolute atomic E-state index is 0.0231. The van der Waals surface area contributed by atoms with Crippen molar-refractivity contribution < 1.29 is 9.60 Å². The molecule has 0 spiro atoms. The van der Waals surface area contributed by atoms with Crippen molar-refractivity contribution in [3.05, 3.63) is 138 Å². The molecule has 0 bridgehead atoms. The summed E-state index contributed by atoms with van der Waals surface area (Å²) in [5.74, 6) is 0. The van der Waals surface area contributed by atoms with Gasteiger partial charge in [-0.15, -0.1) is 0 Å². The quantitative estimate of drug-likeness (QED) is 0.167. The molecular weight excluding hydrogens is 631 g/mol. The Morgan fingerprint density at radius 1 is 0.588 bits per heavy atom. The molecule has 0 aromatic heterocycles. The van der Waals surface area contributed by atoms with Crippen LogP contribution in [-0.4, -0.2) is 14.8 Å². The molecule has 0 saturated carbocycles. The maximum atomic E-state index is 9.78. The van der Waals surface area contributed by atoms with Crippen molar-refractivity contribution in [2.45, 2.75) is 72.4 Å². The Morgan fingerprint density at radius 2 is 1.22 bits per heavy atom. The van der Waals surface area contributed by atoms with Crippen LogP contribution in [0.2, 0.25) is 13.1 Å². The first-order valence-electron chi connectivity index (χ1n) is 21.5. The molecular formula is C47H47BN2Si. The molecule has 9 rings (SSSR count). The van der Waals surface area contributed by atoms with Crippen molar-refractivity contribution in [3.8, 4) is 11.1 Å². The number of nitrogens with zero attached hydrogens (tertiary/aromatic N) is 2. The summed E-state index contributed by atoms with van der Waals surface area (Å²) in [5.41, 5.74) is 12.3. The lowest BCUT2D eigenvalue weighted by atomic mass is 9.33. The predicted molar refractivity (Wildman–Crippen MR) is 225 cm³/mol. The molecule has 3 aliphatic heterocycles. The highest BCUT2D eigenvalue weighted by Gasteiger charge is 2.49. The molecule has 0 radical (unpaired) electrons. The van der Waals surface area contributed by atoms with E-state index in [4.69, 9.17) is 2.74 Å². The maximum Gasteiger partial charge on any atom is 0.252 e. The Morgan fingerprint density at radius 3 is 1.92 bits per heavy atom. The highest BCUT2D eigenvalue weighted by molar-refractivity contribution is 7.05. The first-order chi connectivity index (χ1) is 27.2. The number of para-hydroxylation sites is 2. The van der Waals surface area contributed by atoms with E-state index in [0.29, 0.717) is 27.2 Å². The van der Waals surface area contributed by atoms with E-state index in [1.807, 2.05) is 24.1 Å². The summed E-state index contributed by atoms with van der Waals surface area (Å²) in [4.78, 5) is 4.30. The molecule has 51 heavy (non-hydrogen) atoms. The van der Waals surface area contributed by atoms with E-state index in [1.165, 1.54) is 5.56 Å². The van der Waals surface area contributed by atoms with Gasteiger partial charge in [-0.2, -0.15) is 0 Å². The van der Waals surface area contributed by atoms with Crippen LogP contribution < -0.4 is 36.6 Å². The zero-order valence-electron chi connectivity index (χ0n) is 38.0. The Labute approximate surface area is 315 Å². The second-order valence-corrected chi connectivity index (χ2v) is 21.3. The van der Waals surface area contributed by atoms with Crippen LogP contribution in [0.4, 0.5) is 34.1 Å².